The number of rotatable bonds is 8. The van der Waals surface area contributed by atoms with Crippen LogP contribution in [0.5, 0.6) is 0 Å². The lowest BCUT2D eigenvalue weighted by molar-refractivity contribution is -0.314. The average molecular weight is 298 g/mol. The van der Waals surface area contributed by atoms with Crippen molar-refractivity contribution in [3.63, 3.8) is 0 Å². The molecule has 1 fully saturated rings. The van der Waals surface area contributed by atoms with Crippen LogP contribution in [0, 0.1) is 5.92 Å². The topological polar surface area (TPSA) is 35.2 Å². The molecule has 0 aliphatic carbocycles. The van der Waals surface area contributed by atoms with Crippen LogP contribution in [0.25, 0.3) is 0 Å². The first-order chi connectivity index (χ1) is 9.85. The van der Waals surface area contributed by atoms with Crippen LogP contribution in [0.1, 0.15) is 86.5 Å². The molecule has 3 nitrogen and oxygen atoms in total. The van der Waals surface area contributed by atoms with Crippen molar-refractivity contribution in [2.24, 2.45) is 5.92 Å². The molecule has 1 radical (unpaired) electrons. The minimum absolute atomic E-state index is 0.224. The first-order valence-corrected chi connectivity index (χ1v) is 9.06. The Labute approximate surface area is 132 Å². The van der Waals surface area contributed by atoms with Crippen molar-refractivity contribution < 1.29 is 5.21 Å². The van der Waals surface area contributed by atoms with Crippen LogP contribution in [0.4, 0.5) is 0 Å². The molecule has 1 rings (SSSR count). The van der Waals surface area contributed by atoms with Crippen molar-refractivity contribution in [1.82, 2.24) is 10.4 Å². The Morgan fingerprint density at radius 3 is 2.29 bits per heavy atom. The number of hydrogen-bond donors (Lipinski definition) is 1. The highest BCUT2D eigenvalue weighted by atomic mass is 16.5. The van der Waals surface area contributed by atoms with Gasteiger partial charge in [-0.05, 0) is 52.0 Å². The van der Waals surface area contributed by atoms with Crippen LogP contribution < -0.4 is 5.32 Å². The van der Waals surface area contributed by atoms with Crippen LogP contribution in [0.15, 0.2) is 0 Å². The van der Waals surface area contributed by atoms with Crippen molar-refractivity contribution in [2.75, 3.05) is 6.54 Å². The minimum Gasteiger partial charge on any atom is -0.314 e. The molecule has 0 aromatic carbocycles. The van der Waals surface area contributed by atoms with Gasteiger partial charge in [-0.15, -0.1) is 10.3 Å². The van der Waals surface area contributed by atoms with Crippen molar-refractivity contribution in [3.05, 3.63) is 0 Å². The Hall–Kier alpha value is -0.120. The smallest absolute Gasteiger partial charge is 0.0509 e. The Bertz CT molecular complexity index is 310. The van der Waals surface area contributed by atoms with Crippen LogP contribution in [0.3, 0.4) is 0 Å². The predicted molar refractivity (Wildman–Crippen MR) is 89.6 cm³/mol. The Morgan fingerprint density at radius 2 is 1.76 bits per heavy atom. The summed E-state index contributed by atoms with van der Waals surface area (Å²) in [5.74, 6) is 0.394. The second-order valence-corrected chi connectivity index (χ2v) is 7.47. The number of nitrogens with one attached hydrogen (secondary N) is 1. The predicted octanol–water partition coefficient (Wildman–Crippen LogP) is 4.55. The van der Waals surface area contributed by atoms with Gasteiger partial charge < -0.3 is 5.32 Å². The standard InChI is InChI=1S/C18H37N2O/c1-7-10-11-12-13-19-16-14-17(5,8-2)20(21)18(6,9-3)15(16)4/h15-16,19H,7-14H2,1-6H3. The van der Waals surface area contributed by atoms with E-state index in [1.54, 1.807) is 0 Å². The summed E-state index contributed by atoms with van der Waals surface area (Å²) in [6.45, 7) is 14.2. The Morgan fingerprint density at radius 1 is 1.10 bits per heavy atom. The molecule has 0 aromatic heterocycles. The van der Waals surface area contributed by atoms with Gasteiger partial charge in [-0.2, -0.15) is 0 Å². The summed E-state index contributed by atoms with van der Waals surface area (Å²) in [6.07, 6.45) is 7.99. The molecule has 21 heavy (non-hydrogen) atoms. The summed E-state index contributed by atoms with van der Waals surface area (Å²) in [4.78, 5) is 0. The van der Waals surface area contributed by atoms with Gasteiger partial charge >= 0.3 is 0 Å². The number of nitrogens with zero attached hydrogens (tertiary/aromatic N) is 1. The van der Waals surface area contributed by atoms with Crippen molar-refractivity contribution >= 4 is 0 Å². The molecule has 0 spiro atoms. The largest absolute Gasteiger partial charge is 0.314 e. The molecule has 1 N–H and O–H groups in total. The quantitative estimate of drug-likeness (QED) is 0.667. The lowest BCUT2D eigenvalue weighted by Crippen LogP contribution is -2.68. The molecular formula is C18H37N2O. The van der Waals surface area contributed by atoms with E-state index < -0.39 is 0 Å². The monoisotopic (exact) mass is 297 g/mol. The molecule has 0 saturated carbocycles. The van der Waals surface area contributed by atoms with E-state index in [1.165, 1.54) is 30.7 Å². The number of unbranched alkanes of at least 4 members (excludes halogenated alkanes) is 3. The molecule has 1 aliphatic rings. The van der Waals surface area contributed by atoms with E-state index in [9.17, 15) is 5.21 Å². The maximum absolute atomic E-state index is 12.9. The SMILES string of the molecule is CCCCCCNC1CC(C)(CC)N([O])C(C)(CC)C1C. The molecular weight excluding hydrogens is 260 g/mol. The summed E-state index contributed by atoms with van der Waals surface area (Å²) in [6, 6.07) is 0.465. The molecule has 4 unspecified atom stereocenters. The first-order valence-electron chi connectivity index (χ1n) is 9.06. The van der Waals surface area contributed by atoms with Crippen LogP contribution in [0.2, 0.25) is 0 Å². The van der Waals surface area contributed by atoms with Crippen molar-refractivity contribution in [1.29, 1.82) is 0 Å². The van der Waals surface area contributed by atoms with E-state index >= 15 is 0 Å². The van der Waals surface area contributed by atoms with Crippen molar-refractivity contribution in [2.45, 2.75) is 104 Å². The fraction of sp³-hybridized carbons (Fsp3) is 1.00. The first kappa shape index (κ1) is 18.9. The zero-order valence-corrected chi connectivity index (χ0v) is 15.2. The maximum atomic E-state index is 12.9. The van der Waals surface area contributed by atoms with Crippen LogP contribution >= 0.6 is 0 Å². The third kappa shape index (κ3) is 4.00. The van der Waals surface area contributed by atoms with Crippen LogP contribution in [-0.2, 0) is 5.21 Å². The summed E-state index contributed by atoms with van der Waals surface area (Å²) in [5, 5.41) is 18.1. The van der Waals surface area contributed by atoms with Gasteiger partial charge in [0.2, 0.25) is 0 Å². The zero-order chi connectivity index (χ0) is 16.1. The molecule has 0 bridgehead atoms. The minimum atomic E-state index is -0.246. The lowest BCUT2D eigenvalue weighted by Gasteiger charge is -2.56. The average Bonchev–Trinajstić information content (AvgIpc) is 2.50. The molecule has 4 atom stereocenters. The number of piperidine rings is 1. The second kappa shape index (κ2) is 7.94. The van der Waals surface area contributed by atoms with E-state index in [-0.39, 0.29) is 11.1 Å². The van der Waals surface area contributed by atoms with Gasteiger partial charge in [0.1, 0.15) is 0 Å². The van der Waals surface area contributed by atoms with E-state index in [2.05, 4.69) is 46.9 Å². The fourth-order valence-electron chi connectivity index (χ4n) is 3.81. The maximum Gasteiger partial charge on any atom is 0.0509 e. The molecule has 1 saturated heterocycles. The van der Waals surface area contributed by atoms with Gasteiger partial charge in [0, 0.05) is 11.6 Å². The molecule has 1 aliphatic heterocycles. The third-order valence-corrected chi connectivity index (χ3v) is 6.11. The van der Waals surface area contributed by atoms with Gasteiger partial charge in [-0.1, -0.05) is 47.0 Å². The summed E-state index contributed by atoms with van der Waals surface area (Å²) >= 11 is 0. The van der Waals surface area contributed by atoms with Gasteiger partial charge in [0.25, 0.3) is 0 Å². The zero-order valence-electron chi connectivity index (χ0n) is 15.2. The van der Waals surface area contributed by atoms with Crippen LogP contribution in [-0.4, -0.2) is 28.7 Å². The Kier molecular flexibility index (Phi) is 7.15. The highest BCUT2D eigenvalue weighted by Gasteiger charge is 2.53. The molecule has 0 amide bonds. The lowest BCUT2D eigenvalue weighted by atomic mass is 9.68. The fourth-order valence-corrected chi connectivity index (χ4v) is 3.81. The summed E-state index contributed by atoms with van der Waals surface area (Å²) in [7, 11) is 0. The van der Waals surface area contributed by atoms with E-state index in [0.29, 0.717) is 12.0 Å². The highest BCUT2D eigenvalue weighted by molar-refractivity contribution is 5.05. The normalized spacial score (nSPS) is 37.9. The highest BCUT2D eigenvalue weighted by Crippen LogP contribution is 2.44. The third-order valence-electron chi connectivity index (χ3n) is 6.11. The summed E-state index contributed by atoms with van der Waals surface area (Å²) in [5.41, 5.74) is -0.470. The van der Waals surface area contributed by atoms with E-state index in [1.807, 2.05) is 0 Å². The van der Waals surface area contributed by atoms with Gasteiger partial charge in [-0.25, -0.2) is 0 Å². The van der Waals surface area contributed by atoms with Crippen molar-refractivity contribution in [3.8, 4) is 0 Å². The van der Waals surface area contributed by atoms with E-state index in [0.717, 1.165) is 25.8 Å². The Balaban J connectivity index is 2.71. The molecule has 1 heterocycles. The number of hydroxylamine groups is 2. The van der Waals surface area contributed by atoms with Gasteiger partial charge in [-0.3, -0.25) is 0 Å². The van der Waals surface area contributed by atoms with Gasteiger partial charge in [0.05, 0.1) is 5.54 Å². The molecule has 0 aromatic rings. The number of hydrogen-bond acceptors (Lipinski definition) is 2. The second-order valence-electron chi connectivity index (χ2n) is 7.47. The van der Waals surface area contributed by atoms with Gasteiger partial charge in [0.15, 0.2) is 0 Å². The molecule has 3 heteroatoms. The summed E-state index contributed by atoms with van der Waals surface area (Å²) < 4.78 is 0. The molecule has 125 valence electrons. The van der Waals surface area contributed by atoms with E-state index in [4.69, 9.17) is 0 Å².